The van der Waals surface area contributed by atoms with Gasteiger partial charge in [0.05, 0.1) is 0 Å². The molecule has 0 bridgehead atoms. The fourth-order valence-electron chi connectivity index (χ4n) is 1.53. The average molecular weight is 188 g/mol. The summed E-state index contributed by atoms with van der Waals surface area (Å²) in [6.07, 6.45) is 4.47. The van der Waals surface area contributed by atoms with Crippen LogP contribution in [0.5, 0.6) is 0 Å². The number of anilines is 1. The van der Waals surface area contributed by atoms with E-state index in [0.717, 1.165) is 16.9 Å². The molecule has 0 heterocycles. The van der Waals surface area contributed by atoms with E-state index < -0.39 is 0 Å². The summed E-state index contributed by atoms with van der Waals surface area (Å²) in [6.45, 7) is 2.06. The molecule has 0 saturated heterocycles. The van der Waals surface area contributed by atoms with Gasteiger partial charge in [0.1, 0.15) is 0 Å². The molecule has 0 radical (unpaired) electrons. The first-order valence-electron chi connectivity index (χ1n) is 5.00. The molecule has 1 aliphatic carbocycles. The molecule has 0 aliphatic heterocycles. The molecule has 2 nitrogen and oxygen atoms in total. The van der Waals surface area contributed by atoms with Crippen molar-refractivity contribution in [3.8, 4) is 0 Å². The predicted molar refractivity (Wildman–Crippen MR) is 60.5 cm³/mol. The summed E-state index contributed by atoms with van der Waals surface area (Å²) in [5.74, 6) is 0.606. The van der Waals surface area contributed by atoms with Crippen molar-refractivity contribution in [3.05, 3.63) is 35.0 Å². The van der Waals surface area contributed by atoms with Crippen molar-refractivity contribution >= 4 is 11.8 Å². The van der Waals surface area contributed by atoms with Gasteiger partial charge in [0.15, 0.2) is 0 Å². The summed E-state index contributed by atoms with van der Waals surface area (Å²) in [7, 11) is 0. The normalized spacial score (nSPS) is 17.1. The second-order valence-corrected chi connectivity index (χ2v) is 4.05. The molecule has 4 N–H and O–H groups in total. The Hall–Kier alpha value is -1.44. The zero-order valence-electron chi connectivity index (χ0n) is 8.46. The van der Waals surface area contributed by atoms with E-state index in [1.807, 2.05) is 18.2 Å². The second-order valence-electron chi connectivity index (χ2n) is 4.05. The zero-order valence-corrected chi connectivity index (χ0v) is 8.46. The SMILES string of the molecule is Cc1ccc(N)c(/C=C(\N)C2CC2)c1. The Morgan fingerprint density at radius 3 is 2.79 bits per heavy atom. The topological polar surface area (TPSA) is 52.0 Å². The summed E-state index contributed by atoms with van der Waals surface area (Å²) >= 11 is 0. The highest BCUT2D eigenvalue weighted by Crippen LogP contribution is 2.35. The van der Waals surface area contributed by atoms with E-state index in [-0.39, 0.29) is 0 Å². The first kappa shape index (κ1) is 9.13. The van der Waals surface area contributed by atoms with Crippen LogP contribution in [0.4, 0.5) is 5.69 Å². The minimum atomic E-state index is 0.606. The molecule has 14 heavy (non-hydrogen) atoms. The van der Waals surface area contributed by atoms with Gasteiger partial charge in [-0.3, -0.25) is 0 Å². The molecule has 0 amide bonds. The Morgan fingerprint density at radius 2 is 2.14 bits per heavy atom. The third-order valence-electron chi connectivity index (χ3n) is 2.61. The van der Waals surface area contributed by atoms with Crippen LogP contribution in [0.15, 0.2) is 23.9 Å². The highest BCUT2D eigenvalue weighted by molar-refractivity contribution is 5.66. The van der Waals surface area contributed by atoms with Crippen molar-refractivity contribution in [1.82, 2.24) is 0 Å². The fourth-order valence-corrected chi connectivity index (χ4v) is 1.53. The highest BCUT2D eigenvalue weighted by Gasteiger charge is 2.23. The van der Waals surface area contributed by atoms with Crippen molar-refractivity contribution in [2.45, 2.75) is 19.8 Å². The molecule has 1 fully saturated rings. The number of nitrogens with two attached hydrogens (primary N) is 2. The maximum absolute atomic E-state index is 5.94. The highest BCUT2D eigenvalue weighted by atomic mass is 14.6. The first-order valence-corrected chi connectivity index (χ1v) is 5.00. The van der Waals surface area contributed by atoms with Gasteiger partial charge >= 0.3 is 0 Å². The van der Waals surface area contributed by atoms with Gasteiger partial charge in [-0.15, -0.1) is 0 Å². The third kappa shape index (κ3) is 1.90. The van der Waals surface area contributed by atoms with Crippen LogP contribution in [-0.2, 0) is 0 Å². The number of allylic oxidation sites excluding steroid dienone is 1. The van der Waals surface area contributed by atoms with Crippen molar-refractivity contribution in [2.75, 3.05) is 5.73 Å². The lowest BCUT2D eigenvalue weighted by atomic mass is 10.1. The van der Waals surface area contributed by atoms with E-state index in [1.165, 1.54) is 18.4 Å². The maximum Gasteiger partial charge on any atom is 0.0388 e. The number of benzene rings is 1. The minimum absolute atomic E-state index is 0.606. The molecular weight excluding hydrogens is 172 g/mol. The van der Waals surface area contributed by atoms with E-state index in [2.05, 4.69) is 13.0 Å². The lowest BCUT2D eigenvalue weighted by Crippen LogP contribution is -1.99. The summed E-state index contributed by atoms with van der Waals surface area (Å²) in [5, 5.41) is 0. The summed E-state index contributed by atoms with van der Waals surface area (Å²) in [4.78, 5) is 0. The number of aryl methyl sites for hydroxylation is 1. The van der Waals surface area contributed by atoms with Gasteiger partial charge in [-0.1, -0.05) is 11.6 Å². The third-order valence-corrected chi connectivity index (χ3v) is 2.61. The monoisotopic (exact) mass is 188 g/mol. The zero-order chi connectivity index (χ0) is 10.1. The fraction of sp³-hybridized carbons (Fsp3) is 0.333. The molecule has 74 valence electrons. The second kappa shape index (κ2) is 3.37. The number of rotatable bonds is 2. The van der Waals surface area contributed by atoms with Crippen molar-refractivity contribution < 1.29 is 0 Å². The van der Waals surface area contributed by atoms with Crippen LogP contribution in [0.2, 0.25) is 0 Å². The molecule has 0 aromatic heterocycles. The molecule has 0 spiro atoms. The first-order chi connectivity index (χ1) is 6.66. The Morgan fingerprint density at radius 1 is 1.43 bits per heavy atom. The van der Waals surface area contributed by atoms with E-state index in [1.54, 1.807) is 0 Å². The van der Waals surface area contributed by atoms with Gasteiger partial charge in [0.25, 0.3) is 0 Å². The smallest absolute Gasteiger partial charge is 0.0388 e. The van der Waals surface area contributed by atoms with Crippen LogP contribution in [0, 0.1) is 12.8 Å². The molecule has 1 saturated carbocycles. The summed E-state index contributed by atoms with van der Waals surface area (Å²) in [6, 6.07) is 6.02. The minimum Gasteiger partial charge on any atom is -0.402 e. The van der Waals surface area contributed by atoms with E-state index in [0.29, 0.717) is 5.92 Å². The Balaban J connectivity index is 2.30. The standard InChI is InChI=1S/C12H16N2/c1-8-2-5-11(13)10(6-8)7-12(14)9-3-4-9/h2,5-7,9H,3-4,13-14H2,1H3/b12-7-. The number of hydrogen-bond acceptors (Lipinski definition) is 2. The summed E-state index contributed by atoms with van der Waals surface area (Å²) < 4.78 is 0. The van der Waals surface area contributed by atoms with Crippen molar-refractivity contribution in [1.29, 1.82) is 0 Å². The van der Waals surface area contributed by atoms with Crippen LogP contribution >= 0.6 is 0 Å². The van der Waals surface area contributed by atoms with E-state index >= 15 is 0 Å². The molecule has 1 aromatic carbocycles. The van der Waals surface area contributed by atoms with E-state index in [9.17, 15) is 0 Å². The van der Waals surface area contributed by atoms with Gasteiger partial charge in [-0.25, -0.2) is 0 Å². The Labute approximate surface area is 84.6 Å². The van der Waals surface area contributed by atoms with Crippen LogP contribution in [0.25, 0.3) is 6.08 Å². The van der Waals surface area contributed by atoms with Crippen LogP contribution in [0.1, 0.15) is 24.0 Å². The molecule has 0 unspecified atom stereocenters. The Bertz CT molecular complexity index is 376. The summed E-state index contributed by atoms with van der Waals surface area (Å²) in [5.41, 5.74) is 15.8. The number of nitrogen functional groups attached to an aromatic ring is 1. The van der Waals surface area contributed by atoms with Gasteiger partial charge in [-0.2, -0.15) is 0 Å². The largest absolute Gasteiger partial charge is 0.402 e. The van der Waals surface area contributed by atoms with Gasteiger partial charge in [0, 0.05) is 11.4 Å². The molecule has 1 aromatic rings. The molecule has 2 rings (SSSR count). The molecule has 2 heteroatoms. The van der Waals surface area contributed by atoms with Crippen LogP contribution in [0.3, 0.4) is 0 Å². The molecule has 0 atom stereocenters. The van der Waals surface area contributed by atoms with Crippen LogP contribution in [-0.4, -0.2) is 0 Å². The molecule has 1 aliphatic rings. The Kier molecular flexibility index (Phi) is 2.20. The predicted octanol–water partition coefficient (Wildman–Crippen LogP) is 2.29. The lowest BCUT2D eigenvalue weighted by Gasteiger charge is -2.03. The quantitative estimate of drug-likeness (QED) is 0.699. The lowest BCUT2D eigenvalue weighted by molar-refractivity contribution is 0.993. The van der Waals surface area contributed by atoms with Crippen LogP contribution < -0.4 is 11.5 Å². The van der Waals surface area contributed by atoms with Gasteiger partial charge in [-0.05, 0) is 49.5 Å². The van der Waals surface area contributed by atoms with E-state index in [4.69, 9.17) is 11.5 Å². The van der Waals surface area contributed by atoms with Gasteiger partial charge in [0.2, 0.25) is 0 Å². The average Bonchev–Trinajstić information content (AvgIpc) is 2.94. The van der Waals surface area contributed by atoms with Crippen molar-refractivity contribution in [3.63, 3.8) is 0 Å². The van der Waals surface area contributed by atoms with Crippen molar-refractivity contribution in [2.24, 2.45) is 11.7 Å². The maximum atomic E-state index is 5.94. The molecular formula is C12H16N2. The number of hydrogen-bond donors (Lipinski definition) is 2. The van der Waals surface area contributed by atoms with Gasteiger partial charge < -0.3 is 11.5 Å².